The molecule has 0 spiro atoms. The lowest BCUT2D eigenvalue weighted by molar-refractivity contribution is -0.120. The molecule has 0 unspecified atom stereocenters. The monoisotopic (exact) mass is 359 g/mol. The summed E-state index contributed by atoms with van der Waals surface area (Å²) in [5, 5.41) is 3.67. The number of benzene rings is 1. The third-order valence-corrected chi connectivity index (χ3v) is 4.93. The maximum Gasteiger partial charge on any atom is 0.217 e. The Morgan fingerprint density at radius 2 is 1.92 bits per heavy atom. The third-order valence-electron chi connectivity index (χ3n) is 4.93. The summed E-state index contributed by atoms with van der Waals surface area (Å²) in [5.74, 6) is 0.512. The number of anilines is 1. The maximum atomic E-state index is 13.5. The molecule has 2 aromatic rings. The Kier molecular flexibility index (Phi) is 4.50. The van der Waals surface area contributed by atoms with E-state index in [0.29, 0.717) is 26.3 Å². The van der Waals surface area contributed by atoms with Gasteiger partial charge in [-0.2, -0.15) is 0 Å². The number of carbonyl (C=O) groups excluding carboxylic acids is 1. The fraction of sp³-hybridized carbons (Fsp3) is 0.474. The molecule has 1 aromatic carbocycles. The van der Waals surface area contributed by atoms with Gasteiger partial charge < -0.3 is 19.7 Å². The van der Waals surface area contributed by atoms with Gasteiger partial charge in [0.2, 0.25) is 5.91 Å². The lowest BCUT2D eigenvalue weighted by Gasteiger charge is -2.20. The Morgan fingerprint density at radius 1 is 1.23 bits per heavy atom. The minimum absolute atomic E-state index is 0.0558. The molecule has 1 aromatic heterocycles. The highest BCUT2D eigenvalue weighted by molar-refractivity contribution is 5.84. The highest BCUT2D eigenvalue weighted by atomic mass is 19.1. The molecule has 2 fully saturated rings. The van der Waals surface area contributed by atoms with E-state index < -0.39 is 0 Å². The average molecular weight is 359 g/mol. The number of nitrogens with one attached hydrogen (secondary N) is 1. The Morgan fingerprint density at radius 3 is 2.58 bits per heavy atom. The number of ether oxygens (including phenoxy) is 2. The molecule has 26 heavy (non-hydrogen) atoms. The third kappa shape index (κ3) is 3.37. The molecule has 0 saturated carbocycles. The zero-order chi connectivity index (χ0) is 18.3. The van der Waals surface area contributed by atoms with Gasteiger partial charge in [0.15, 0.2) is 0 Å². The van der Waals surface area contributed by atoms with Crippen LogP contribution in [0.15, 0.2) is 24.3 Å². The number of pyridine rings is 1. The molecular formula is C19H22FN3O3. The number of hydrogen-bond acceptors (Lipinski definition) is 5. The number of halogens is 1. The normalized spacial score (nSPS) is 23.7. The second-order valence-corrected chi connectivity index (χ2v) is 7.00. The predicted octanol–water partition coefficient (Wildman–Crippen LogP) is 1.79. The van der Waals surface area contributed by atoms with E-state index in [-0.39, 0.29) is 30.0 Å². The van der Waals surface area contributed by atoms with Crippen LogP contribution >= 0.6 is 0 Å². The number of aryl methyl sites for hydroxylation is 1. The minimum Gasteiger partial charge on any atom is -0.371 e. The van der Waals surface area contributed by atoms with E-state index in [1.54, 1.807) is 6.07 Å². The van der Waals surface area contributed by atoms with Gasteiger partial charge in [0.05, 0.1) is 24.8 Å². The van der Waals surface area contributed by atoms with Crippen molar-refractivity contribution in [3.8, 4) is 0 Å². The van der Waals surface area contributed by atoms with Crippen molar-refractivity contribution in [3.63, 3.8) is 0 Å². The number of nitrogens with zero attached hydrogens (tertiary/aromatic N) is 2. The quantitative estimate of drug-likeness (QED) is 0.886. The number of amides is 1. The molecular weight excluding hydrogens is 337 g/mol. The second kappa shape index (κ2) is 6.81. The van der Waals surface area contributed by atoms with Crippen molar-refractivity contribution >= 4 is 22.6 Å². The Labute approximate surface area is 151 Å². The number of carbonyl (C=O) groups is 1. The first-order valence-electron chi connectivity index (χ1n) is 8.82. The number of fused-ring (bicyclic) bond motifs is 2. The van der Waals surface area contributed by atoms with E-state index in [1.807, 2.05) is 13.0 Å². The van der Waals surface area contributed by atoms with Crippen LogP contribution in [-0.2, 0) is 14.3 Å². The summed E-state index contributed by atoms with van der Waals surface area (Å²) in [6.45, 7) is 5.70. The topological polar surface area (TPSA) is 63.7 Å². The van der Waals surface area contributed by atoms with Crippen LogP contribution in [0.4, 0.5) is 10.2 Å². The molecule has 1 N–H and O–H groups in total. The van der Waals surface area contributed by atoms with Crippen molar-refractivity contribution in [2.24, 2.45) is 0 Å². The smallest absolute Gasteiger partial charge is 0.217 e. The highest BCUT2D eigenvalue weighted by Crippen LogP contribution is 2.28. The van der Waals surface area contributed by atoms with Gasteiger partial charge in [0.25, 0.3) is 0 Å². The van der Waals surface area contributed by atoms with Crippen LogP contribution in [0, 0.1) is 12.7 Å². The van der Waals surface area contributed by atoms with Crippen LogP contribution in [-0.4, -0.2) is 55.4 Å². The van der Waals surface area contributed by atoms with Gasteiger partial charge in [0.1, 0.15) is 23.8 Å². The Bertz CT molecular complexity index is 828. The molecule has 2 aliphatic heterocycles. The van der Waals surface area contributed by atoms with Gasteiger partial charge in [-0.1, -0.05) is 0 Å². The van der Waals surface area contributed by atoms with Gasteiger partial charge in [0, 0.05) is 25.4 Å². The first kappa shape index (κ1) is 17.2. The second-order valence-electron chi connectivity index (χ2n) is 7.00. The van der Waals surface area contributed by atoms with E-state index >= 15 is 0 Å². The van der Waals surface area contributed by atoms with Crippen molar-refractivity contribution in [2.45, 2.75) is 32.1 Å². The summed E-state index contributed by atoms with van der Waals surface area (Å²) in [6.07, 6.45) is -0.112. The number of hydrogen-bond donors (Lipinski definition) is 1. The molecule has 2 saturated heterocycles. The first-order valence-corrected chi connectivity index (χ1v) is 8.82. The summed E-state index contributed by atoms with van der Waals surface area (Å²) < 4.78 is 25.4. The predicted molar refractivity (Wildman–Crippen MR) is 95.7 cm³/mol. The summed E-state index contributed by atoms with van der Waals surface area (Å²) in [7, 11) is 0. The first-order chi connectivity index (χ1) is 12.5. The molecule has 138 valence electrons. The molecule has 2 aliphatic rings. The van der Waals surface area contributed by atoms with Crippen LogP contribution in [0.25, 0.3) is 10.9 Å². The SMILES string of the molecule is CC(=O)NC1CO[C@H]2CN(c3cc(C)c4cc(F)ccc4n3)C[C@@H]2OC1. The molecule has 0 radical (unpaired) electrons. The van der Waals surface area contributed by atoms with Crippen molar-refractivity contribution in [2.75, 3.05) is 31.2 Å². The van der Waals surface area contributed by atoms with Gasteiger partial charge >= 0.3 is 0 Å². The number of rotatable bonds is 2. The molecule has 4 rings (SSSR count). The maximum absolute atomic E-state index is 13.5. The van der Waals surface area contributed by atoms with Crippen molar-refractivity contribution < 1.29 is 18.7 Å². The van der Waals surface area contributed by atoms with Crippen LogP contribution in [0.2, 0.25) is 0 Å². The molecule has 1 amide bonds. The van der Waals surface area contributed by atoms with Crippen LogP contribution in [0.3, 0.4) is 0 Å². The lowest BCUT2D eigenvalue weighted by atomic mass is 10.1. The fourth-order valence-electron chi connectivity index (χ4n) is 3.66. The largest absolute Gasteiger partial charge is 0.371 e. The van der Waals surface area contributed by atoms with E-state index in [4.69, 9.17) is 9.47 Å². The fourth-order valence-corrected chi connectivity index (χ4v) is 3.66. The summed E-state index contributed by atoms with van der Waals surface area (Å²) in [6, 6.07) is 6.53. The lowest BCUT2D eigenvalue weighted by Crippen LogP contribution is -2.40. The minimum atomic E-state index is -0.255. The molecule has 7 heteroatoms. The van der Waals surface area contributed by atoms with Crippen molar-refractivity contribution in [1.29, 1.82) is 0 Å². The molecule has 3 heterocycles. The van der Waals surface area contributed by atoms with Crippen LogP contribution < -0.4 is 10.2 Å². The van der Waals surface area contributed by atoms with Crippen LogP contribution in [0.5, 0.6) is 0 Å². The van der Waals surface area contributed by atoms with E-state index in [2.05, 4.69) is 15.2 Å². The molecule has 0 bridgehead atoms. The number of aromatic nitrogens is 1. The van der Waals surface area contributed by atoms with Gasteiger partial charge in [-0.3, -0.25) is 4.79 Å². The zero-order valence-corrected chi connectivity index (χ0v) is 14.9. The Hall–Kier alpha value is -2.25. The van der Waals surface area contributed by atoms with E-state index in [0.717, 1.165) is 22.3 Å². The summed E-state index contributed by atoms with van der Waals surface area (Å²) >= 11 is 0. The van der Waals surface area contributed by atoms with E-state index in [9.17, 15) is 9.18 Å². The van der Waals surface area contributed by atoms with Gasteiger partial charge in [-0.05, 0) is 36.8 Å². The molecule has 6 nitrogen and oxygen atoms in total. The van der Waals surface area contributed by atoms with Gasteiger partial charge in [-0.15, -0.1) is 0 Å². The molecule has 0 aliphatic carbocycles. The van der Waals surface area contributed by atoms with E-state index in [1.165, 1.54) is 19.1 Å². The molecule has 2 atom stereocenters. The average Bonchev–Trinajstić information content (AvgIpc) is 2.92. The van der Waals surface area contributed by atoms with Crippen LogP contribution in [0.1, 0.15) is 12.5 Å². The zero-order valence-electron chi connectivity index (χ0n) is 14.9. The van der Waals surface area contributed by atoms with Crippen molar-refractivity contribution in [1.82, 2.24) is 10.3 Å². The standard InChI is InChI=1S/C19H22FN3O3/c1-11-5-19(22-16-4-3-13(20)6-15(11)16)23-7-17-18(8-23)26-10-14(9-25-17)21-12(2)24/h3-6,14,17-18H,7-10H2,1-2H3,(H,21,24)/t17-,18-/m0/s1. The Balaban J connectivity index is 1.50. The summed E-state index contributed by atoms with van der Waals surface area (Å²) in [4.78, 5) is 18.0. The van der Waals surface area contributed by atoms with Gasteiger partial charge in [-0.25, -0.2) is 9.37 Å². The summed E-state index contributed by atoms with van der Waals surface area (Å²) in [5.41, 5.74) is 1.77. The highest BCUT2D eigenvalue weighted by Gasteiger charge is 2.38. The van der Waals surface area contributed by atoms with Crippen molar-refractivity contribution in [3.05, 3.63) is 35.6 Å².